The molecule has 0 amide bonds. The SMILES string of the molecule is OC[C@@H]1CCCCN1c1ncc(Cl)cn1. The van der Waals surface area contributed by atoms with Gasteiger partial charge >= 0.3 is 0 Å². The molecule has 0 unspecified atom stereocenters. The summed E-state index contributed by atoms with van der Waals surface area (Å²) in [7, 11) is 0. The topological polar surface area (TPSA) is 49.2 Å². The third-order valence-electron chi connectivity index (χ3n) is 2.70. The Balaban J connectivity index is 2.16. The molecule has 1 atom stereocenters. The molecule has 0 radical (unpaired) electrons. The van der Waals surface area contributed by atoms with Crippen LogP contribution in [-0.2, 0) is 0 Å². The second kappa shape index (κ2) is 4.77. The molecule has 1 N–H and O–H groups in total. The molecule has 15 heavy (non-hydrogen) atoms. The van der Waals surface area contributed by atoms with E-state index in [0.717, 1.165) is 25.8 Å². The van der Waals surface area contributed by atoms with Gasteiger partial charge in [0.2, 0.25) is 5.95 Å². The van der Waals surface area contributed by atoms with Crippen LogP contribution in [0.2, 0.25) is 5.02 Å². The summed E-state index contributed by atoms with van der Waals surface area (Å²) in [5.41, 5.74) is 0. The van der Waals surface area contributed by atoms with Crippen LogP contribution in [0.15, 0.2) is 12.4 Å². The molecule has 1 fully saturated rings. The maximum absolute atomic E-state index is 9.25. The lowest BCUT2D eigenvalue weighted by Crippen LogP contribution is -2.42. The van der Waals surface area contributed by atoms with E-state index in [9.17, 15) is 5.11 Å². The zero-order valence-corrected chi connectivity index (χ0v) is 9.19. The lowest BCUT2D eigenvalue weighted by Gasteiger charge is -2.34. The summed E-state index contributed by atoms with van der Waals surface area (Å²) < 4.78 is 0. The monoisotopic (exact) mass is 227 g/mol. The third-order valence-corrected chi connectivity index (χ3v) is 2.90. The fourth-order valence-corrected chi connectivity index (χ4v) is 2.01. The second-order valence-corrected chi connectivity index (χ2v) is 4.16. The maximum Gasteiger partial charge on any atom is 0.225 e. The Morgan fingerprint density at radius 1 is 1.40 bits per heavy atom. The van der Waals surface area contributed by atoms with Crippen molar-refractivity contribution in [2.45, 2.75) is 25.3 Å². The van der Waals surface area contributed by atoms with E-state index in [0.29, 0.717) is 11.0 Å². The zero-order valence-electron chi connectivity index (χ0n) is 8.43. The van der Waals surface area contributed by atoms with E-state index in [2.05, 4.69) is 14.9 Å². The van der Waals surface area contributed by atoms with Crippen LogP contribution < -0.4 is 4.90 Å². The lowest BCUT2D eigenvalue weighted by atomic mass is 10.0. The summed E-state index contributed by atoms with van der Waals surface area (Å²) in [6.07, 6.45) is 6.47. The highest BCUT2D eigenvalue weighted by Crippen LogP contribution is 2.21. The second-order valence-electron chi connectivity index (χ2n) is 3.73. The zero-order chi connectivity index (χ0) is 10.7. The third kappa shape index (κ3) is 2.38. The molecule has 0 saturated carbocycles. The molecule has 1 aliphatic heterocycles. The van der Waals surface area contributed by atoms with E-state index < -0.39 is 0 Å². The minimum absolute atomic E-state index is 0.153. The fourth-order valence-electron chi connectivity index (χ4n) is 1.91. The Labute approximate surface area is 93.9 Å². The van der Waals surface area contributed by atoms with Gasteiger partial charge in [0.25, 0.3) is 0 Å². The quantitative estimate of drug-likeness (QED) is 0.832. The predicted octanol–water partition coefficient (Wildman–Crippen LogP) is 1.48. The fraction of sp³-hybridized carbons (Fsp3) is 0.600. The number of aromatic nitrogens is 2. The van der Waals surface area contributed by atoms with Gasteiger partial charge in [-0.3, -0.25) is 0 Å². The highest BCUT2D eigenvalue weighted by Gasteiger charge is 2.23. The van der Waals surface area contributed by atoms with Gasteiger partial charge < -0.3 is 10.0 Å². The first-order chi connectivity index (χ1) is 7.31. The predicted molar refractivity (Wildman–Crippen MR) is 59.1 cm³/mol. The molecular formula is C10H14ClN3O. The van der Waals surface area contributed by atoms with Crippen molar-refractivity contribution in [3.8, 4) is 0 Å². The molecular weight excluding hydrogens is 214 g/mol. The molecule has 2 heterocycles. The van der Waals surface area contributed by atoms with Gasteiger partial charge in [-0.15, -0.1) is 0 Å². The molecule has 82 valence electrons. The largest absolute Gasteiger partial charge is 0.394 e. The molecule has 1 saturated heterocycles. The van der Waals surface area contributed by atoms with E-state index in [1.165, 1.54) is 0 Å². The molecule has 0 aromatic carbocycles. The number of hydrogen-bond donors (Lipinski definition) is 1. The summed E-state index contributed by atoms with van der Waals surface area (Å²) in [6, 6.07) is 0.153. The molecule has 0 bridgehead atoms. The standard InChI is InChI=1S/C10H14ClN3O/c11-8-5-12-10(13-6-8)14-4-2-1-3-9(14)7-15/h5-6,9,15H,1-4,7H2/t9-/m0/s1. The van der Waals surface area contributed by atoms with Gasteiger partial charge in [-0.2, -0.15) is 0 Å². The number of piperidine rings is 1. The van der Waals surface area contributed by atoms with Crippen molar-refractivity contribution >= 4 is 17.5 Å². The van der Waals surface area contributed by atoms with Crippen molar-refractivity contribution < 1.29 is 5.11 Å². The molecule has 1 aliphatic rings. The Hall–Kier alpha value is -0.870. The number of rotatable bonds is 2. The van der Waals surface area contributed by atoms with E-state index in [-0.39, 0.29) is 12.6 Å². The summed E-state index contributed by atoms with van der Waals surface area (Å²) in [5.74, 6) is 0.665. The molecule has 5 heteroatoms. The van der Waals surface area contributed by atoms with Crippen molar-refractivity contribution in [2.75, 3.05) is 18.1 Å². The van der Waals surface area contributed by atoms with Gasteiger partial charge in [0.15, 0.2) is 0 Å². The molecule has 0 aliphatic carbocycles. The Morgan fingerprint density at radius 2 is 2.13 bits per heavy atom. The van der Waals surface area contributed by atoms with Crippen LogP contribution in [-0.4, -0.2) is 34.3 Å². The van der Waals surface area contributed by atoms with Crippen LogP contribution in [0.4, 0.5) is 5.95 Å². The summed E-state index contributed by atoms with van der Waals surface area (Å²) >= 11 is 5.73. The lowest BCUT2D eigenvalue weighted by molar-refractivity contribution is 0.239. The summed E-state index contributed by atoms with van der Waals surface area (Å²) in [6.45, 7) is 1.07. The highest BCUT2D eigenvalue weighted by atomic mass is 35.5. The molecule has 2 rings (SSSR count). The molecule has 0 spiro atoms. The van der Waals surface area contributed by atoms with Gasteiger partial charge in [0.05, 0.1) is 30.1 Å². The van der Waals surface area contributed by atoms with E-state index in [1.807, 2.05) is 0 Å². The van der Waals surface area contributed by atoms with Crippen molar-refractivity contribution in [3.05, 3.63) is 17.4 Å². The number of aliphatic hydroxyl groups is 1. The van der Waals surface area contributed by atoms with Crippen LogP contribution in [0, 0.1) is 0 Å². The maximum atomic E-state index is 9.25. The van der Waals surface area contributed by atoms with Crippen LogP contribution in [0.5, 0.6) is 0 Å². The number of aliphatic hydroxyl groups excluding tert-OH is 1. The number of halogens is 1. The minimum Gasteiger partial charge on any atom is -0.394 e. The van der Waals surface area contributed by atoms with Crippen LogP contribution >= 0.6 is 11.6 Å². The number of hydrogen-bond acceptors (Lipinski definition) is 4. The van der Waals surface area contributed by atoms with Gasteiger partial charge in [0, 0.05) is 6.54 Å². The average molecular weight is 228 g/mol. The van der Waals surface area contributed by atoms with Crippen LogP contribution in [0.3, 0.4) is 0 Å². The van der Waals surface area contributed by atoms with Crippen molar-refractivity contribution in [1.29, 1.82) is 0 Å². The van der Waals surface area contributed by atoms with Crippen molar-refractivity contribution in [3.63, 3.8) is 0 Å². The molecule has 1 aromatic heterocycles. The Bertz CT molecular complexity index is 317. The first-order valence-electron chi connectivity index (χ1n) is 5.16. The summed E-state index contributed by atoms with van der Waals surface area (Å²) in [5, 5.41) is 9.79. The first kappa shape index (κ1) is 10.6. The van der Waals surface area contributed by atoms with Crippen LogP contribution in [0.1, 0.15) is 19.3 Å². The Morgan fingerprint density at radius 3 is 2.80 bits per heavy atom. The van der Waals surface area contributed by atoms with Crippen LogP contribution in [0.25, 0.3) is 0 Å². The van der Waals surface area contributed by atoms with Gasteiger partial charge in [-0.05, 0) is 19.3 Å². The smallest absolute Gasteiger partial charge is 0.225 e. The number of nitrogens with zero attached hydrogens (tertiary/aromatic N) is 3. The summed E-state index contributed by atoms with van der Waals surface area (Å²) in [4.78, 5) is 10.4. The van der Waals surface area contributed by atoms with E-state index in [4.69, 9.17) is 11.6 Å². The van der Waals surface area contributed by atoms with Gasteiger partial charge in [-0.25, -0.2) is 9.97 Å². The highest BCUT2D eigenvalue weighted by molar-refractivity contribution is 6.30. The molecule has 1 aromatic rings. The van der Waals surface area contributed by atoms with Crippen molar-refractivity contribution in [1.82, 2.24) is 9.97 Å². The Kier molecular flexibility index (Phi) is 3.38. The number of anilines is 1. The normalized spacial score (nSPS) is 21.7. The molecule has 4 nitrogen and oxygen atoms in total. The minimum atomic E-state index is 0.153. The van der Waals surface area contributed by atoms with E-state index in [1.54, 1.807) is 12.4 Å². The van der Waals surface area contributed by atoms with Crippen molar-refractivity contribution in [2.24, 2.45) is 0 Å². The van der Waals surface area contributed by atoms with Gasteiger partial charge in [-0.1, -0.05) is 11.6 Å². The average Bonchev–Trinajstić information content (AvgIpc) is 2.30. The first-order valence-corrected chi connectivity index (χ1v) is 5.54. The van der Waals surface area contributed by atoms with Gasteiger partial charge in [0.1, 0.15) is 0 Å². The van der Waals surface area contributed by atoms with E-state index >= 15 is 0 Å².